The molecule has 180 valence electrons. The molecule has 0 saturated heterocycles. The molecule has 1 aromatic heterocycles. The van der Waals surface area contributed by atoms with Gasteiger partial charge in [-0.05, 0) is 18.2 Å². The number of fused-ring (bicyclic) bond motifs is 1. The summed E-state index contributed by atoms with van der Waals surface area (Å²) in [5, 5.41) is 9.62. The third kappa shape index (κ3) is 5.13. The fourth-order valence-corrected chi connectivity index (χ4v) is 3.82. The normalized spacial score (nSPS) is 15.9. The van der Waals surface area contributed by atoms with Crippen LogP contribution in [0, 0.1) is 11.3 Å². The molecule has 1 aliphatic carbocycles. The van der Waals surface area contributed by atoms with Crippen molar-refractivity contribution >= 4 is 33.8 Å². The van der Waals surface area contributed by atoms with E-state index in [2.05, 4.69) is 15.8 Å². The maximum absolute atomic E-state index is 12.8. The minimum atomic E-state index is -4.84. The molecule has 2 aromatic carbocycles. The molecule has 4 rings (SSSR count). The highest BCUT2D eigenvalue weighted by molar-refractivity contribution is 7.81. The minimum absolute atomic E-state index is 0.181. The quantitative estimate of drug-likeness (QED) is 0.411. The fraction of sp³-hybridized carbons (Fsp3) is 0.208. The summed E-state index contributed by atoms with van der Waals surface area (Å²) >= 11 is 5.40. The average molecular weight is 501 g/mol. The van der Waals surface area contributed by atoms with Gasteiger partial charge in [0.2, 0.25) is 0 Å². The Kier molecular flexibility index (Phi) is 6.77. The van der Waals surface area contributed by atoms with E-state index in [9.17, 15) is 18.4 Å². The van der Waals surface area contributed by atoms with Crippen LogP contribution in [0.4, 0.5) is 13.2 Å². The maximum atomic E-state index is 12.8. The molecular weight excluding hydrogens is 483 g/mol. The number of halogens is 3. The Morgan fingerprint density at radius 3 is 2.51 bits per heavy atom. The second-order valence-corrected chi connectivity index (χ2v) is 7.76. The molecule has 0 radical (unpaired) electrons. The first-order valence-corrected chi connectivity index (χ1v) is 10.6. The van der Waals surface area contributed by atoms with E-state index in [1.54, 1.807) is 41.2 Å². The number of nitriles is 1. The number of hydrogen-bond acceptors (Lipinski definition) is 7. The zero-order valence-corrected chi connectivity index (χ0v) is 19.3. The van der Waals surface area contributed by atoms with Gasteiger partial charge < -0.3 is 18.9 Å². The van der Waals surface area contributed by atoms with Crippen molar-refractivity contribution in [3.05, 3.63) is 66.0 Å². The number of rotatable bonds is 7. The summed E-state index contributed by atoms with van der Waals surface area (Å²) < 4.78 is 60.6. The van der Waals surface area contributed by atoms with Crippen LogP contribution >= 0.6 is 12.2 Å². The van der Waals surface area contributed by atoms with Crippen LogP contribution in [0.25, 0.3) is 16.7 Å². The van der Waals surface area contributed by atoms with Crippen molar-refractivity contribution in [2.75, 3.05) is 14.2 Å². The zero-order valence-electron chi connectivity index (χ0n) is 18.5. The molecule has 0 spiro atoms. The number of thiocarbonyl (C=S) groups is 1. The number of ether oxygens (including phenoxy) is 4. The fourth-order valence-electron chi connectivity index (χ4n) is 3.58. The Balaban J connectivity index is 1.67. The van der Waals surface area contributed by atoms with Crippen molar-refractivity contribution in [3.63, 3.8) is 0 Å². The third-order valence-electron chi connectivity index (χ3n) is 5.21. The number of methoxy groups -OCH3 is 2. The standard InChI is InChI=1S/C24H18F3N3O4S/c1-31-20-9-17-18(10-21(20)32-2)30(13-29-17)16-7-15(11-28)23(35)22(8-16)33-12-14-5-3-4-6-19(14)34-24(25,26)27/h3-10,13,22H,12H2,1-2H3. The zero-order chi connectivity index (χ0) is 25.2. The molecule has 1 heterocycles. The first kappa shape index (κ1) is 24.3. The molecule has 3 aromatic rings. The number of aromatic nitrogens is 2. The van der Waals surface area contributed by atoms with E-state index >= 15 is 0 Å². The maximum Gasteiger partial charge on any atom is 0.573 e. The molecule has 1 aliphatic rings. The van der Waals surface area contributed by atoms with Gasteiger partial charge >= 0.3 is 6.36 Å². The molecular formula is C24H18F3N3O4S. The van der Waals surface area contributed by atoms with E-state index in [1.807, 2.05) is 0 Å². The number of hydrogen-bond donors (Lipinski definition) is 0. The molecule has 35 heavy (non-hydrogen) atoms. The van der Waals surface area contributed by atoms with E-state index in [4.69, 9.17) is 26.4 Å². The first-order chi connectivity index (χ1) is 16.7. The topological polar surface area (TPSA) is 78.5 Å². The van der Waals surface area contributed by atoms with Crippen LogP contribution in [0.3, 0.4) is 0 Å². The summed E-state index contributed by atoms with van der Waals surface area (Å²) in [5.41, 5.74) is 2.23. The van der Waals surface area contributed by atoms with Crippen LogP contribution in [0.2, 0.25) is 0 Å². The lowest BCUT2D eigenvalue weighted by atomic mass is 10.0. The Morgan fingerprint density at radius 2 is 1.83 bits per heavy atom. The number of nitrogens with zero attached hydrogens (tertiary/aromatic N) is 3. The molecule has 1 unspecified atom stereocenters. The van der Waals surface area contributed by atoms with Crippen LogP contribution in [0.1, 0.15) is 5.56 Å². The van der Waals surface area contributed by atoms with Gasteiger partial charge in [-0.25, -0.2) is 4.98 Å². The Morgan fingerprint density at radius 1 is 1.11 bits per heavy atom. The summed E-state index contributed by atoms with van der Waals surface area (Å²) in [7, 11) is 3.04. The van der Waals surface area contributed by atoms with Gasteiger partial charge in [-0.2, -0.15) is 5.26 Å². The van der Waals surface area contributed by atoms with Gasteiger partial charge in [-0.3, -0.25) is 4.57 Å². The van der Waals surface area contributed by atoms with Gasteiger partial charge in [0.25, 0.3) is 0 Å². The highest BCUT2D eigenvalue weighted by Crippen LogP contribution is 2.34. The van der Waals surface area contributed by atoms with Crippen molar-refractivity contribution in [1.82, 2.24) is 9.55 Å². The molecule has 11 heteroatoms. The monoisotopic (exact) mass is 501 g/mol. The molecule has 0 amide bonds. The van der Waals surface area contributed by atoms with Gasteiger partial charge in [0, 0.05) is 23.4 Å². The van der Waals surface area contributed by atoms with E-state index < -0.39 is 12.5 Å². The average Bonchev–Trinajstić information content (AvgIpc) is 3.25. The first-order valence-electron chi connectivity index (χ1n) is 10.2. The van der Waals surface area contributed by atoms with E-state index in [1.165, 1.54) is 32.4 Å². The Hall–Kier alpha value is -3.88. The van der Waals surface area contributed by atoms with Crippen LogP contribution in [0.5, 0.6) is 17.2 Å². The smallest absolute Gasteiger partial charge is 0.493 e. The van der Waals surface area contributed by atoms with Gasteiger partial charge in [0.15, 0.2) is 11.5 Å². The lowest BCUT2D eigenvalue weighted by molar-refractivity contribution is -0.275. The number of imidazole rings is 1. The number of para-hydroxylation sites is 1. The minimum Gasteiger partial charge on any atom is -0.493 e. The van der Waals surface area contributed by atoms with Gasteiger partial charge in [0.05, 0.1) is 42.3 Å². The van der Waals surface area contributed by atoms with E-state index in [-0.39, 0.29) is 28.4 Å². The molecule has 0 fully saturated rings. The highest BCUT2D eigenvalue weighted by Gasteiger charge is 2.32. The van der Waals surface area contributed by atoms with Gasteiger partial charge in [-0.1, -0.05) is 30.4 Å². The Labute approximate surface area is 203 Å². The van der Waals surface area contributed by atoms with Crippen LogP contribution in [-0.4, -0.2) is 41.1 Å². The van der Waals surface area contributed by atoms with Crippen molar-refractivity contribution < 1.29 is 32.1 Å². The lowest BCUT2D eigenvalue weighted by Crippen LogP contribution is -2.26. The predicted molar refractivity (Wildman–Crippen MR) is 125 cm³/mol. The molecule has 7 nitrogen and oxygen atoms in total. The summed E-state index contributed by atoms with van der Waals surface area (Å²) in [6, 6.07) is 11.2. The van der Waals surface area contributed by atoms with Gasteiger partial charge in [-0.15, -0.1) is 13.2 Å². The SMILES string of the molecule is COc1cc2ncn(C3=CC(OCc4ccccc4OC(F)(F)F)C(=S)C(C#N)=C3)c2cc1OC. The van der Waals surface area contributed by atoms with Crippen LogP contribution in [0.15, 0.2) is 60.5 Å². The lowest BCUT2D eigenvalue weighted by Gasteiger charge is -2.22. The predicted octanol–water partition coefficient (Wildman–Crippen LogP) is 5.21. The Bertz CT molecular complexity index is 1390. The van der Waals surface area contributed by atoms with Crippen molar-refractivity contribution in [3.8, 4) is 23.3 Å². The summed E-state index contributed by atoms with van der Waals surface area (Å²) in [5.74, 6) is 0.633. The number of alkyl halides is 3. The molecule has 1 atom stereocenters. The molecule has 0 bridgehead atoms. The molecule has 0 aliphatic heterocycles. The van der Waals surface area contributed by atoms with E-state index in [0.717, 1.165) is 0 Å². The number of allylic oxidation sites excluding steroid dienone is 2. The molecule has 0 saturated carbocycles. The second kappa shape index (κ2) is 9.77. The van der Waals surface area contributed by atoms with Crippen molar-refractivity contribution in [2.24, 2.45) is 0 Å². The van der Waals surface area contributed by atoms with Crippen LogP contribution in [-0.2, 0) is 11.3 Å². The van der Waals surface area contributed by atoms with Gasteiger partial charge in [0.1, 0.15) is 24.3 Å². The van der Waals surface area contributed by atoms with E-state index in [0.29, 0.717) is 28.2 Å². The summed E-state index contributed by atoms with van der Waals surface area (Å²) in [6.45, 7) is -0.227. The summed E-state index contributed by atoms with van der Waals surface area (Å²) in [4.78, 5) is 4.61. The van der Waals surface area contributed by atoms with Crippen molar-refractivity contribution in [2.45, 2.75) is 19.1 Å². The summed E-state index contributed by atoms with van der Waals surface area (Å²) in [6.07, 6.45) is -0.851. The van der Waals surface area contributed by atoms with Crippen LogP contribution < -0.4 is 14.2 Å². The number of benzene rings is 2. The van der Waals surface area contributed by atoms with Crippen molar-refractivity contribution in [1.29, 1.82) is 5.26 Å². The largest absolute Gasteiger partial charge is 0.573 e. The third-order valence-corrected chi connectivity index (χ3v) is 5.66. The highest BCUT2D eigenvalue weighted by atomic mass is 32.1. The molecule has 0 N–H and O–H groups in total. The second-order valence-electron chi connectivity index (χ2n) is 7.32.